The van der Waals surface area contributed by atoms with Crippen LogP contribution in [0, 0.1) is 0 Å². The van der Waals surface area contributed by atoms with Crippen molar-refractivity contribution in [1.82, 2.24) is 0 Å². The molecule has 0 aromatic heterocycles. The molecule has 70 valence electrons. The van der Waals surface area contributed by atoms with E-state index < -0.39 is 6.10 Å². The van der Waals surface area contributed by atoms with E-state index in [1.165, 1.54) is 18.4 Å². The maximum Gasteiger partial charge on any atom is 0.0914 e. The van der Waals surface area contributed by atoms with Crippen LogP contribution in [0.1, 0.15) is 36.0 Å². The molecule has 3 N–H and O–H groups in total. The van der Waals surface area contributed by atoms with E-state index in [1.54, 1.807) is 0 Å². The van der Waals surface area contributed by atoms with Gasteiger partial charge in [0.05, 0.1) is 6.10 Å². The molecule has 1 atom stereocenters. The number of hydrogen-bond donors (Lipinski definition) is 2. The quantitative estimate of drug-likeness (QED) is 0.736. The first kappa shape index (κ1) is 8.73. The first-order valence-corrected chi connectivity index (χ1v) is 4.80. The molecule has 0 unspecified atom stereocenters. The second-order valence-corrected chi connectivity index (χ2v) is 3.65. The molecular formula is C11H15NO. The van der Waals surface area contributed by atoms with Gasteiger partial charge in [0.15, 0.2) is 0 Å². The van der Waals surface area contributed by atoms with Gasteiger partial charge in [0.2, 0.25) is 0 Å². The summed E-state index contributed by atoms with van der Waals surface area (Å²) >= 11 is 0. The Morgan fingerprint density at radius 3 is 2.69 bits per heavy atom. The maximum absolute atomic E-state index is 9.66. The normalized spacial score (nSPS) is 18.6. The van der Waals surface area contributed by atoms with Crippen molar-refractivity contribution >= 4 is 0 Å². The molecule has 0 heterocycles. The second-order valence-electron chi connectivity index (χ2n) is 3.65. The van der Waals surface area contributed by atoms with E-state index in [0.717, 1.165) is 5.56 Å². The van der Waals surface area contributed by atoms with Crippen LogP contribution in [0.25, 0.3) is 0 Å². The number of aliphatic hydroxyl groups is 1. The van der Waals surface area contributed by atoms with Crippen LogP contribution in [-0.2, 0) is 0 Å². The molecule has 0 bridgehead atoms. The Kier molecular flexibility index (Phi) is 2.34. The summed E-state index contributed by atoms with van der Waals surface area (Å²) in [6.07, 6.45) is 2.03. The molecule has 1 fully saturated rings. The van der Waals surface area contributed by atoms with Gasteiger partial charge >= 0.3 is 0 Å². The summed E-state index contributed by atoms with van der Waals surface area (Å²) in [5, 5.41) is 9.66. The molecule has 0 saturated heterocycles. The second kappa shape index (κ2) is 3.48. The Labute approximate surface area is 78.4 Å². The van der Waals surface area contributed by atoms with Crippen molar-refractivity contribution in [2.24, 2.45) is 5.73 Å². The molecular weight excluding hydrogens is 162 g/mol. The maximum atomic E-state index is 9.66. The highest BCUT2D eigenvalue weighted by Gasteiger charge is 2.26. The number of rotatable bonds is 3. The summed E-state index contributed by atoms with van der Waals surface area (Å²) in [5.74, 6) is 0.678. The Bertz CT molecular complexity index is 294. The topological polar surface area (TPSA) is 46.2 Å². The summed E-state index contributed by atoms with van der Waals surface area (Å²) in [7, 11) is 0. The van der Waals surface area contributed by atoms with Crippen LogP contribution < -0.4 is 5.73 Å². The zero-order valence-corrected chi connectivity index (χ0v) is 7.61. The van der Waals surface area contributed by atoms with Gasteiger partial charge in [-0.05, 0) is 29.9 Å². The summed E-state index contributed by atoms with van der Waals surface area (Å²) in [5.41, 5.74) is 7.76. The number of hydrogen-bond acceptors (Lipinski definition) is 2. The largest absolute Gasteiger partial charge is 0.387 e. The van der Waals surface area contributed by atoms with E-state index >= 15 is 0 Å². The summed E-state index contributed by atoms with van der Waals surface area (Å²) in [4.78, 5) is 0. The van der Waals surface area contributed by atoms with E-state index in [4.69, 9.17) is 5.73 Å². The SMILES string of the molecule is NC[C@@H](O)c1ccccc1C1CC1. The van der Waals surface area contributed by atoms with E-state index in [9.17, 15) is 5.11 Å². The Morgan fingerprint density at radius 2 is 2.08 bits per heavy atom. The molecule has 0 amide bonds. The van der Waals surface area contributed by atoms with Gasteiger partial charge in [0.25, 0.3) is 0 Å². The average Bonchev–Trinajstić information content (AvgIpc) is 3.00. The lowest BCUT2D eigenvalue weighted by molar-refractivity contribution is 0.185. The van der Waals surface area contributed by atoms with Crippen molar-refractivity contribution in [3.05, 3.63) is 35.4 Å². The fourth-order valence-electron chi connectivity index (χ4n) is 1.71. The molecule has 1 saturated carbocycles. The van der Waals surface area contributed by atoms with Gasteiger partial charge in [-0.25, -0.2) is 0 Å². The zero-order chi connectivity index (χ0) is 9.26. The van der Waals surface area contributed by atoms with Gasteiger partial charge in [-0.3, -0.25) is 0 Å². The molecule has 1 aromatic rings. The van der Waals surface area contributed by atoms with Crippen LogP contribution in [0.5, 0.6) is 0 Å². The molecule has 0 spiro atoms. The lowest BCUT2D eigenvalue weighted by Gasteiger charge is -2.12. The Hall–Kier alpha value is -0.860. The highest BCUT2D eigenvalue weighted by atomic mass is 16.3. The summed E-state index contributed by atoms with van der Waals surface area (Å²) < 4.78 is 0. The van der Waals surface area contributed by atoms with Crippen molar-refractivity contribution in [3.8, 4) is 0 Å². The van der Waals surface area contributed by atoms with Crippen LogP contribution >= 0.6 is 0 Å². The number of aliphatic hydroxyl groups excluding tert-OH is 1. The Morgan fingerprint density at radius 1 is 1.38 bits per heavy atom. The van der Waals surface area contributed by atoms with Gasteiger partial charge in [0, 0.05) is 6.54 Å². The molecule has 0 aliphatic heterocycles. The fraction of sp³-hybridized carbons (Fsp3) is 0.455. The van der Waals surface area contributed by atoms with Crippen molar-refractivity contribution in [2.45, 2.75) is 24.9 Å². The summed E-state index contributed by atoms with van der Waals surface area (Å²) in [6.45, 7) is 0.309. The number of nitrogens with two attached hydrogens (primary N) is 1. The zero-order valence-electron chi connectivity index (χ0n) is 7.61. The van der Waals surface area contributed by atoms with Crippen LogP contribution in [-0.4, -0.2) is 11.7 Å². The number of benzene rings is 1. The minimum absolute atomic E-state index is 0.309. The van der Waals surface area contributed by atoms with Crippen LogP contribution in [0.2, 0.25) is 0 Å². The average molecular weight is 177 g/mol. The van der Waals surface area contributed by atoms with Crippen molar-refractivity contribution in [1.29, 1.82) is 0 Å². The van der Waals surface area contributed by atoms with E-state index in [-0.39, 0.29) is 0 Å². The van der Waals surface area contributed by atoms with Crippen LogP contribution in [0.15, 0.2) is 24.3 Å². The molecule has 1 aromatic carbocycles. The molecule has 2 rings (SSSR count). The molecule has 0 radical (unpaired) electrons. The van der Waals surface area contributed by atoms with E-state index in [1.807, 2.05) is 18.2 Å². The first-order valence-electron chi connectivity index (χ1n) is 4.80. The van der Waals surface area contributed by atoms with Crippen molar-refractivity contribution < 1.29 is 5.11 Å². The molecule has 2 heteroatoms. The van der Waals surface area contributed by atoms with E-state index in [0.29, 0.717) is 12.5 Å². The third-order valence-electron chi connectivity index (χ3n) is 2.60. The smallest absolute Gasteiger partial charge is 0.0914 e. The fourth-order valence-corrected chi connectivity index (χ4v) is 1.71. The lowest BCUT2D eigenvalue weighted by atomic mass is 9.99. The lowest BCUT2D eigenvalue weighted by Crippen LogP contribution is -2.13. The predicted octanol–water partition coefficient (Wildman–Crippen LogP) is 1.56. The van der Waals surface area contributed by atoms with Gasteiger partial charge in [-0.1, -0.05) is 24.3 Å². The van der Waals surface area contributed by atoms with Crippen molar-refractivity contribution in [3.63, 3.8) is 0 Å². The molecule has 2 nitrogen and oxygen atoms in total. The standard InChI is InChI=1S/C11H15NO/c12-7-11(13)10-4-2-1-3-9(10)8-5-6-8/h1-4,8,11,13H,5-7,12H2/t11-/m1/s1. The van der Waals surface area contributed by atoms with E-state index in [2.05, 4.69) is 6.07 Å². The third-order valence-corrected chi connectivity index (χ3v) is 2.60. The minimum atomic E-state index is -0.489. The van der Waals surface area contributed by atoms with Crippen LogP contribution in [0.4, 0.5) is 0 Å². The van der Waals surface area contributed by atoms with Crippen molar-refractivity contribution in [2.75, 3.05) is 6.54 Å². The third kappa shape index (κ3) is 1.74. The van der Waals surface area contributed by atoms with Gasteiger partial charge in [-0.15, -0.1) is 0 Å². The minimum Gasteiger partial charge on any atom is -0.387 e. The van der Waals surface area contributed by atoms with Gasteiger partial charge < -0.3 is 10.8 Å². The first-order chi connectivity index (χ1) is 6.33. The Balaban J connectivity index is 2.31. The highest BCUT2D eigenvalue weighted by molar-refractivity contribution is 5.34. The highest BCUT2D eigenvalue weighted by Crippen LogP contribution is 2.42. The predicted molar refractivity (Wildman–Crippen MR) is 52.4 cm³/mol. The molecule has 13 heavy (non-hydrogen) atoms. The summed E-state index contributed by atoms with van der Waals surface area (Å²) in [6, 6.07) is 8.07. The molecule has 1 aliphatic rings. The van der Waals surface area contributed by atoms with Crippen LogP contribution in [0.3, 0.4) is 0 Å². The monoisotopic (exact) mass is 177 g/mol. The van der Waals surface area contributed by atoms with Gasteiger partial charge in [-0.2, -0.15) is 0 Å². The molecule has 1 aliphatic carbocycles. The van der Waals surface area contributed by atoms with Gasteiger partial charge in [0.1, 0.15) is 0 Å².